The Hall–Kier alpha value is -5.52. The number of fused-ring (bicyclic) bond motifs is 10. The van der Waals surface area contributed by atoms with Crippen molar-refractivity contribution in [3.63, 3.8) is 0 Å². The van der Waals surface area contributed by atoms with Crippen LogP contribution in [0.2, 0.25) is 0 Å². The summed E-state index contributed by atoms with van der Waals surface area (Å²) in [5, 5.41) is 9.48. The van der Waals surface area contributed by atoms with E-state index in [2.05, 4.69) is 137 Å². The zero-order valence-corrected chi connectivity index (χ0v) is 23.7. The van der Waals surface area contributed by atoms with Gasteiger partial charge in [0.2, 0.25) is 5.95 Å². The summed E-state index contributed by atoms with van der Waals surface area (Å²) in [4.78, 5) is 15.4. The van der Waals surface area contributed by atoms with Crippen molar-refractivity contribution in [2.24, 2.45) is 0 Å². The highest BCUT2D eigenvalue weighted by Gasteiger charge is 2.21. The number of H-pyrrole nitrogens is 1. The van der Waals surface area contributed by atoms with Crippen LogP contribution in [-0.2, 0) is 0 Å². The van der Waals surface area contributed by atoms with Crippen LogP contribution >= 0.6 is 11.3 Å². The van der Waals surface area contributed by atoms with Crippen LogP contribution in [0.1, 0.15) is 0 Å². The molecule has 0 saturated heterocycles. The van der Waals surface area contributed by atoms with Gasteiger partial charge in [-0.15, -0.1) is 11.3 Å². The minimum Gasteiger partial charge on any atom is -0.354 e. The lowest BCUT2D eigenvalue weighted by molar-refractivity contribution is 1.02. The van der Waals surface area contributed by atoms with Crippen LogP contribution in [0.5, 0.6) is 0 Å². The Morgan fingerprint density at radius 3 is 2.21 bits per heavy atom. The van der Waals surface area contributed by atoms with Crippen molar-refractivity contribution < 1.29 is 0 Å². The predicted octanol–water partition coefficient (Wildman–Crippen LogP) is 10.4. The first-order valence-electron chi connectivity index (χ1n) is 14.4. The van der Waals surface area contributed by atoms with Crippen LogP contribution in [0.15, 0.2) is 127 Å². The van der Waals surface area contributed by atoms with Gasteiger partial charge in [-0.3, -0.25) is 4.57 Å². The average molecular weight is 567 g/mol. The number of aromatic amines is 1. The molecule has 43 heavy (non-hydrogen) atoms. The molecule has 10 rings (SSSR count). The molecule has 0 aliphatic heterocycles. The normalized spacial score (nSPS) is 12.2. The fourth-order valence-corrected chi connectivity index (χ4v) is 7.94. The van der Waals surface area contributed by atoms with Crippen molar-refractivity contribution in [2.45, 2.75) is 0 Å². The van der Waals surface area contributed by atoms with E-state index in [4.69, 9.17) is 9.97 Å². The number of hydrogen-bond acceptors (Lipinski definition) is 3. The third kappa shape index (κ3) is 3.20. The molecule has 0 unspecified atom stereocenters. The second-order valence-electron chi connectivity index (χ2n) is 11.1. The number of thiophene rings is 1. The number of hydrogen-bond donors (Lipinski definition) is 1. The fraction of sp³-hybridized carbons (Fsp3) is 0. The number of benzene rings is 6. The first-order chi connectivity index (χ1) is 21.3. The molecule has 0 atom stereocenters. The third-order valence-corrected chi connectivity index (χ3v) is 9.83. The quantitative estimate of drug-likeness (QED) is 0.226. The summed E-state index contributed by atoms with van der Waals surface area (Å²) < 4.78 is 3.47. The lowest BCUT2D eigenvalue weighted by Crippen LogP contribution is -2.02. The molecule has 200 valence electrons. The Morgan fingerprint density at radius 1 is 0.535 bits per heavy atom. The van der Waals surface area contributed by atoms with Crippen LogP contribution in [0.3, 0.4) is 0 Å². The van der Waals surface area contributed by atoms with E-state index < -0.39 is 0 Å². The molecule has 0 amide bonds. The third-order valence-electron chi connectivity index (χ3n) is 8.77. The summed E-state index contributed by atoms with van der Waals surface area (Å²) in [6.45, 7) is 0. The number of para-hydroxylation sites is 2. The van der Waals surface area contributed by atoms with Gasteiger partial charge in [-0.2, -0.15) is 0 Å². The van der Waals surface area contributed by atoms with E-state index in [1.165, 1.54) is 42.4 Å². The van der Waals surface area contributed by atoms with E-state index in [1.807, 2.05) is 0 Å². The smallest absolute Gasteiger partial charge is 0.236 e. The summed E-state index contributed by atoms with van der Waals surface area (Å²) in [5.74, 6) is 0.687. The number of rotatable bonds is 2. The average Bonchev–Trinajstić information content (AvgIpc) is 3.72. The van der Waals surface area contributed by atoms with Crippen LogP contribution < -0.4 is 0 Å². The minimum absolute atomic E-state index is 0.687. The maximum Gasteiger partial charge on any atom is 0.236 e. The predicted molar refractivity (Wildman–Crippen MR) is 182 cm³/mol. The van der Waals surface area contributed by atoms with Gasteiger partial charge in [0.05, 0.1) is 16.7 Å². The van der Waals surface area contributed by atoms with E-state index >= 15 is 0 Å². The Labute approximate surface area is 249 Å². The summed E-state index contributed by atoms with van der Waals surface area (Å²) in [5.41, 5.74) is 6.56. The molecular weight excluding hydrogens is 545 g/mol. The van der Waals surface area contributed by atoms with Gasteiger partial charge in [-0.25, -0.2) is 9.97 Å². The van der Waals surface area contributed by atoms with Gasteiger partial charge < -0.3 is 4.98 Å². The van der Waals surface area contributed by atoms with Crippen molar-refractivity contribution in [3.8, 4) is 17.2 Å². The van der Waals surface area contributed by atoms with E-state index in [-0.39, 0.29) is 0 Å². The Kier molecular flexibility index (Phi) is 4.57. The van der Waals surface area contributed by atoms with Gasteiger partial charge in [0.1, 0.15) is 4.83 Å². The van der Waals surface area contributed by atoms with Gasteiger partial charge >= 0.3 is 0 Å². The molecule has 0 spiro atoms. The molecule has 5 heteroatoms. The number of nitrogens with zero attached hydrogens (tertiary/aromatic N) is 3. The standard InChI is InChI=1S/C38H22N4S/c1-2-12-23-22(10-1)11-9-16-26(23)36-35-27-15-5-8-19-34(27)43-37(35)41-38(40-36)42-32-18-7-4-14-25(32)29-20-31-28(21-33(29)42)24-13-3-6-17-30(24)39-31/h1-21,39H. The number of aromatic nitrogens is 4. The Morgan fingerprint density at radius 2 is 1.28 bits per heavy atom. The molecule has 1 N–H and O–H groups in total. The maximum absolute atomic E-state index is 5.47. The van der Waals surface area contributed by atoms with Gasteiger partial charge in [-0.05, 0) is 41.1 Å². The van der Waals surface area contributed by atoms with Crippen LogP contribution in [-0.4, -0.2) is 19.5 Å². The Balaban J connectivity index is 1.37. The van der Waals surface area contributed by atoms with Gasteiger partial charge in [0, 0.05) is 53.6 Å². The SMILES string of the molecule is c1ccc2c(-c3nc(-n4c5ccccc5c5cc6[nH]c7ccccc7c6cc54)nc4sc5ccccc5c34)cccc2c1. The van der Waals surface area contributed by atoms with Crippen LogP contribution in [0.25, 0.3) is 91.9 Å². The highest BCUT2D eigenvalue weighted by atomic mass is 32.1. The minimum atomic E-state index is 0.687. The van der Waals surface area contributed by atoms with Crippen LogP contribution in [0.4, 0.5) is 0 Å². The molecule has 4 heterocycles. The summed E-state index contributed by atoms with van der Waals surface area (Å²) in [7, 11) is 0. The van der Waals surface area contributed by atoms with Crippen molar-refractivity contribution >= 4 is 86.0 Å². The van der Waals surface area contributed by atoms with E-state index in [0.717, 1.165) is 43.5 Å². The second kappa shape index (κ2) is 8.51. The fourth-order valence-electron chi connectivity index (χ4n) is 6.87. The lowest BCUT2D eigenvalue weighted by Gasteiger charge is -2.12. The van der Waals surface area contributed by atoms with Crippen molar-refractivity contribution in [1.29, 1.82) is 0 Å². The number of nitrogens with one attached hydrogen (secondary N) is 1. The second-order valence-corrected chi connectivity index (χ2v) is 12.1. The highest BCUT2D eigenvalue weighted by Crippen LogP contribution is 2.42. The first-order valence-corrected chi connectivity index (χ1v) is 15.2. The lowest BCUT2D eigenvalue weighted by atomic mass is 9.99. The van der Waals surface area contributed by atoms with Crippen LogP contribution in [0, 0.1) is 0 Å². The van der Waals surface area contributed by atoms with E-state index in [9.17, 15) is 0 Å². The molecule has 0 aliphatic rings. The molecule has 0 aliphatic carbocycles. The zero-order valence-electron chi connectivity index (χ0n) is 22.9. The molecule has 0 fully saturated rings. The monoisotopic (exact) mass is 566 g/mol. The van der Waals surface area contributed by atoms with Gasteiger partial charge in [0.15, 0.2) is 0 Å². The molecule has 0 bridgehead atoms. The summed E-state index contributed by atoms with van der Waals surface area (Å²) >= 11 is 1.73. The van der Waals surface area contributed by atoms with Crippen molar-refractivity contribution in [3.05, 3.63) is 127 Å². The van der Waals surface area contributed by atoms with Crippen molar-refractivity contribution in [1.82, 2.24) is 19.5 Å². The largest absolute Gasteiger partial charge is 0.354 e. The molecule has 10 aromatic rings. The first kappa shape index (κ1) is 23.1. The summed E-state index contributed by atoms with van der Waals surface area (Å²) in [6, 6.07) is 45.3. The highest BCUT2D eigenvalue weighted by molar-refractivity contribution is 7.25. The molecular formula is C38H22N4S. The van der Waals surface area contributed by atoms with Gasteiger partial charge in [0.25, 0.3) is 0 Å². The molecule has 4 nitrogen and oxygen atoms in total. The van der Waals surface area contributed by atoms with Crippen molar-refractivity contribution in [2.75, 3.05) is 0 Å². The van der Waals surface area contributed by atoms with E-state index in [0.29, 0.717) is 5.95 Å². The maximum atomic E-state index is 5.47. The molecule has 4 aromatic heterocycles. The topological polar surface area (TPSA) is 46.5 Å². The summed E-state index contributed by atoms with van der Waals surface area (Å²) in [6.07, 6.45) is 0. The van der Waals surface area contributed by atoms with Gasteiger partial charge in [-0.1, -0.05) is 97.1 Å². The molecule has 6 aromatic carbocycles. The van der Waals surface area contributed by atoms with E-state index in [1.54, 1.807) is 11.3 Å². The molecule has 0 saturated carbocycles. The zero-order chi connectivity index (χ0) is 28.1. The molecule has 0 radical (unpaired) electrons. The Bertz CT molecular complexity index is 2740.